The zero-order chi connectivity index (χ0) is 10.7. The van der Waals surface area contributed by atoms with Gasteiger partial charge in [-0.1, -0.05) is 12.1 Å². The second kappa shape index (κ2) is 4.45. The predicted molar refractivity (Wildman–Crippen MR) is 52.3 cm³/mol. The average Bonchev–Trinajstić information content (AvgIpc) is 2.15. The van der Waals surface area contributed by atoms with E-state index in [1.807, 2.05) is 0 Å². The minimum Gasteiger partial charge on any atom is -0.479 e. The first-order valence-electron chi connectivity index (χ1n) is 3.90. The molecule has 1 aromatic rings. The third-order valence-electron chi connectivity index (χ3n) is 1.76. The summed E-state index contributed by atoms with van der Waals surface area (Å²) < 4.78 is 0. The summed E-state index contributed by atoms with van der Waals surface area (Å²) in [5.74, 6) is -1.46. The summed E-state index contributed by atoms with van der Waals surface area (Å²) in [5.41, 5.74) is 0.326. The van der Waals surface area contributed by atoms with Crippen LogP contribution in [0.5, 0.6) is 0 Å². The molecule has 0 saturated carbocycles. The number of hydrogen-bond acceptors (Lipinski definition) is 4. The zero-order valence-electron chi connectivity index (χ0n) is 7.16. The van der Waals surface area contributed by atoms with E-state index in [0.717, 1.165) is 0 Å². The van der Waals surface area contributed by atoms with Crippen molar-refractivity contribution in [3.63, 3.8) is 0 Å². The maximum Gasteiger partial charge on any atom is 0.335 e. The van der Waals surface area contributed by atoms with Gasteiger partial charge in [-0.2, -0.15) is 0 Å². The Hall–Kier alpha value is -1.04. The molecule has 0 bridgehead atoms. The van der Waals surface area contributed by atoms with E-state index in [4.69, 9.17) is 10.2 Å². The third-order valence-corrected chi connectivity index (χ3v) is 2.04. The van der Waals surface area contributed by atoms with E-state index in [1.54, 1.807) is 12.1 Å². The minimum absolute atomic E-state index is 0.326. The molecule has 4 nitrogen and oxygen atoms in total. The summed E-state index contributed by atoms with van der Waals surface area (Å²) in [7, 11) is 0. The molecule has 76 valence electrons. The van der Waals surface area contributed by atoms with Crippen molar-refractivity contribution < 1.29 is 20.1 Å². The molecular weight excluding hydrogens is 204 g/mol. The number of rotatable bonds is 3. The summed E-state index contributed by atoms with van der Waals surface area (Å²) in [6.45, 7) is 0. The highest BCUT2D eigenvalue weighted by Crippen LogP contribution is 2.19. The molecule has 1 aromatic carbocycles. The number of carboxylic acid groups (broad SMARTS) is 1. The molecule has 5 heteroatoms. The van der Waals surface area contributed by atoms with Gasteiger partial charge in [-0.3, -0.25) is 0 Å². The lowest BCUT2D eigenvalue weighted by atomic mass is 10.0. The fraction of sp³-hybridized carbons (Fsp3) is 0.222. The number of hydrogen-bond donors (Lipinski definition) is 4. The van der Waals surface area contributed by atoms with Gasteiger partial charge in [0.2, 0.25) is 0 Å². The average molecular weight is 214 g/mol. The van der Waals surface area contributed by atoms with Gasteiger partial charge in [-0.25, -0.2) is 4.79 Å². The van der Waals surface area contributed by atoms with E-state index in [9.17, 15) is 9.90 Å². The van der Waals surface area contributed by atoms with Gasteiger partial charge < -0.3 is 15.3 Å². The monoisotopic (exact) mass is 214 g/mol. The van der Waals surface area contributed by atoms with Crippen molar-refractivity contribution >= 4 is 18.6 Å². The van der Waals surface area contributed by atoms with Crippen LogP contribution in [0.3, 0.4) is 0 Å². The van der Waals surface area contributed by atoms with Gasteiger partial charge in [-0.05, 0) is 17.7 Å². The van der Waals surface area contributed by atoms with Crippen molar-refractivity contribution in [2.75, 3.05) is 0 Å². The molecule has 2 atom stereocenters. The molecule has 0 heterocycles. The molecule has 0 aliphatic carbocycles. The number of aliphatic hydroxyl groups is 2. The Labute approximate surface area is 86.2 Å². The van der Waals surface area contributed by atoms with Crippen molar-refractivity contribution in [2.45, 2.75) is 17.1 Å². The van der Waals surface area contributed by atoms with E-state index in [0.29, 0.717) is 10.5 Å². The van der Waals surface area contributed by atoms with Crippen LogP contribution in [-0.4, -0.2) is 27.4 Å². The van der Waals surface area contributed by atoms with Crippen LogP contribution in [0.4, 0.5) is 0 Å². The SMILES string of the molecule is O=C(O)C(O)C(O)c1cccc(S)c1. The number of carbonyl (C=O) groups is 1. The molecular formula is C9H10O4S. The molecule has 2 unspecified atom stereocenters. The highest BCUT2D eigenvalue weighted by Gasteiger charge is 2.24. The largest absolute Gasteiger partial charge is 0.479 e. The van der Waals surface area contributed by atoms with E-state index in [1.165, 1.54) is 12.1 Å². The van der Waals surface area contributed by atoms with Crippen LogP contribution in [-0.2, 0) is 4.79 Å². The summed E-state index contributed by atoms with van der Waals surface area (Å²) in [6, 6.07) is 6.33. The maximum atomic E-state index is 10.4. The van der Waals surface area contributed by atoms with E-state index in [2.05, 4.69) is 12.6 Å². The molecule has 3 N–H and O–H groups in total. The van der Waals surface area contributed by atoms with Crippen LogP contribution < -0.4 is 0 Å². The maximum absolute atomic E-state index is 10.4. The first-order valence-corrected chi connectivity index (χ1v) is 4.35. The van der Waals surface area contributed by atoms with Crippen LogP contribution in [0.2, 0.25) is 0 Å². The Morgan fingerprint density at radius 3 is 2.50 bits per heavy atom. The summed E-state index contributed by atoms with van der Waals surface area (Å²) in [6.07, 6.45) is -3.25. The lowest BCUT2D eigenvalue weighted by Gasteiger charge is -2.14. The quantitative estimate of drug-likeness (QED) is 0.551. The Bertz CT molecular complexity index is 339. The minimum atomic E-state index is -1.81. The lowest BCUT2D eigenvalue weighted by molar-refractivity contribution is -0.153. The van der Waals surface area contributed by atoms with Gasteiger partial charge in [-0.15, -0.1) is 12.6 Å². The molecule has 14 heavy (non-hydrogen) atoms. The second-order valence-corrected chi connectivity index (χ2v) is 3.34. The van der Waals surface area contributed by atoms with Gasteiger partial charge >= 0.3 is 5.97 Å². The Morgan fingerprint density at radius 1 is 1.36 bits per heavy atom. The lowest BCUT2D eigenvalue weighted by Crippen LogP contribution is -2.27. The number of aliphatic hydroxyl groups excluding tert-OH is 2. The Balaban J connectivity index is 2.89. The number of aliphatic carboxylic acids is 1. The van der Waals surface area contributed by atoms with Gasteiger partial charge in [0.25, 0.3) is 0 Å². The van der Waals surface area contributed by atoms with Crippen LogP contribution >= 0.6 is 12.6 Å². The summed E-state index contributed by atoms with van der Waals surface area (Å²) in [5, 5.41) is 26.9. The molecule has 0 aliphatic rings. The molecule has 0 fully saturated rings. The number of carboxylic acids is 1. The van der Waals surface area contributed by atoms with Gasteiger partial charge in [0.1, 0.15) is 6.10 Å². The fourth-order valence-electron chi connectivity index (χ4n) is 1.03. The van der Waals surface area contributed by atoms with Crippen molar-refractivity contribution in [3.8, 4) is 0 Å². The molecule has 0 radical (unpaired) electrons. The molecule has 0 amide bonds. The first kappa shape index (κ1) is 11.0. The zero-order valence-corrected chi connectivity index (χ0v) is 8.06. The predicted octanol–water partition coefficient (Wildman–Crippen LogP) is 0.454. The molecule has 0 aliphatic heterocycles. The number of benzene rings is 1. The topological polar surface area (TPSA) is 77.8 Å². The van der Waals surface area contributed by atoms with Crippen LogP contribution in [0.1, 0.15) is 11.7 Å². The van der Waals surface area contributed by atoms with Gasteiger partial charge in [0, 0.05) is 4.90 Å². The van der Waals surface area contributed by atoms with E-state index < -0.39 is 18.2 Å². The summed E-state index contributed by atoms with van der Waals surface area (Å²) in [4.78, 5) is 11.0. The smallest absolute Gasteiger partial charge is 0.335 e. The molecule has 0 aromatic heterocycles. The van der Waals surface area contributed by atoms with Crippen LogP contribution in [0.25, 0.3) is 0 Å². The van der Waals surface area contributed by atoms with Crippen LogP contribution in [0.15, 0.2) is 29.2 Å². The highest BCUT2D eigenvalue weighted by atomic mass is 32.1. The molecule has 1 rings (SSSR count). The van der Waals surface area contributed by atoms with E-state index in [-0.39, 0.29) is 0 Å². The first-order chi connectivity index (χ1) is 6.52. The molecule has 0 spiro atoms. The van der Waals surface area contributed by atoms with Crippen molar-refractivity contribution in [3.05, 3.63) is 29.8 Å². The van der Waals surface area contributed by atoms with Gasteiger partial charge in [0.05, 0.1) is 0 Å². The molecule has 0 saturated heterocycles. The summed E-state index contributed by atoms with van der Waals surface area (Å²) >= 11 is 4.03. The van der Waals surface area contributed by atoms with Crippen molar-refractivity contribution in [2.24, 2.45) is 0 Å². The normalized spacial score (nSPS) is 14.8. The highest BCUT2D eigenvalue weighted by molar-refractivity contribution is 7.80. The second-order valence-electron chi connectivity index (χ2n) is 2.82. The Kier molecular flexibility index (Phi) is 3.51. The van der Waals surface area contributed by atoms with Crippen LogP contribution in [0, 0.1) is 0 Å². The standard InChI is InChI=1S/C9H10O4S/c10-7(8(11)9(12)13)5-2-1-3-6(14)4-5/h1-4,7-8,10-11,14H,(H,12,13). The fourth-order valence-corrected chi connectivity index (χ4v) is 1.26. The van der Waals surface area contributed by atoms with Crippen molar-refractivity contribution in [1.29, 1.82) is 0 Å². The Morgan fingerprint density at radius 2 is 2.00 bits per heavy atom. The number of thiol groups is 1. The van der Waals surface area contributed by atoms with Crippen molar-refractivity contribution in [1.82, 2.24) is 0 Å². The van der Waals surface area contributed by atoms with E-state index >= 15 is 0 Å². The third kappa shape index (κ3) is 2.47. The van der Waals surface area contributed by atoms with Gasteiger partial charge in [0.15, 0.2) is 6.10 Å².